The fourth-order valence-electron chi connectivity index (χ4n) is 4.37. The van der Waals surface area contributed by atoms with E-state index in [1.807, 2.05) is 45.2 Å². The molecule has 33 heavy (non-hydrogen) atoms. The number of likely N-dealkylation sites (N-methyl/N-ethyl adjacent to an activating group) is 1. The summed E-state index contributed by atoms with van der Waals surface area (Å²) in [5.41, 5.74) is 4.39. The van der Waals surface area contributed by atoms with Crippen molar-refractivity contribution in [3.05, 3.63) is 70.7 Å². The Hall–Kier alpha value is -3.56. The van der Waals surface area contributed by atoms with Crippen molar-refractivity contribution in [2.75, 3.05) is 30.5 Å². The summed E-state index contributed by atoms with van der Waals surface area (Å²) in [6.45, 7) is 6.65. The zero-order chi connectivity index (χ0) is 23.7. The maximum atomic E-state index is 13.8. The number of aryl methyl sites for hydroxylation is 1. The molecule has 1 amide bonds. The number of hydrogen-bond donors (Lipinski definition) is 5. The number of benzene rings is 2. The minimum absolute atomic E-state index is 0.0568. The molecule has 2 aromatic rings. The minimum atomic E-state index is -0.485. The summed E-state index contributed by atoms with van der Waals surface area (Å²) in [5.74, 6) is 7.20. The standard InChI is InChI=1S/C24H31N7O2/c1-14-7-5-10-19-21(14)24(33)30(18-9-6-8-17(11-18)16(3)32)22(29-19)15(2)31(25)23-20(26-4)12-27-13-28-23/h5-11,15,22,26-29H,12-13,25H2,1-4H3. The molecule has 0 saturated carbocycles. The molecule has 0 bridgehead atoms. The molecule has 0 aromatic heterocycles. The highest BCUT2D eigenvalue weighted by atomic mass is 16.2. The van der Waals surface area contributed by atoms with Crippen molar-refractivity contribution < 1.29 is 9.59 Å². The van der Waals surface area contributed by atoms with Crippen LogP contribution in [-0.2, 0) is 0 Å². The first-order valence-corrected chi connectivity index (χ1v) is 11.0. The average Bonchev–Trinajstić information content (AvgIpc) is 2.82. The van der Waals surface area contributed by atoms with Crippen LogP contribution in [0.4, 0.5) is 11.4 Å². The molecular formula is C24H31N7O2. The molecule has 2 unspecified atom stereocenters. The molecular weight excluding hydrogens is 418 g/mol. The van der Waals surface area contributed by atoms with Gasteiger partial charge in [-0.1, -0.05) is 24.3 Å². The van der Waals surface area contributed by atoms with Gasteiger partial charge in [0.1, 0.15) is 12.0 Å². The molecule has 2 aliphatic rings. The summed E-state index contributed by atoms with van der Waals surface area (Å²) in [6.07, 6.45) is -0.485. The Morgan fingerprint density at radius 3 is 2.76 bits per heavy atom. The number of fused-ring (bicyclic) bond motifs is 1. The van der Waals surface area contributed by atoms with Crippen molar-refractivity contribution in [3.8, 4) is 0 Å². The Labute approximate surface area is 194 Å². The summed E-state index contributed by atoms with van der Waals surface area (Å²) >= 11 is 0. The van der Waals surface area contributed by atoms with Gasteiger partial charge >= 0.3 is 0 Å². The van der Waals surface area contributed by atoms with E-state index < -0.39 is 6.17 Å². The third-order valence-electron chi connectivity index (χ3n) is 6.24. The van der Waals surface area contributed by atoms with E-state index in [0.717, 1.165) is 22.8 Å². The third kappa shape index (κ3) is 4.12. The lowest BCUT2D eigenvalue weighted by Gasteiger charge is -2.45. The SMILES string of the molecule is CNC1=C(N(N)C(C)C2Nc3cccc(C)c3C(=O)N2c2cccc(C(C)=O)c2)NCNC1. The summed E-state index contributed by atoms with van der Waals surface area (Å²) in [5, 5.41) is 14.9. The number of amides is 1. The molecule has 0 aliphatic carbocycles. The van der Waals surface area contributed by atoms with Crippen molar-refractivity contribution in [2.24, 2.45) is 5.84 Å². The minimum Gasteiger partial charge on any atom is -0.387 e. The van der Waals surface area contributed by atoms with Gasteiger partial charge in [-0.3, -0.25) is 24.8 Å². The second-order valence-corrected chi connectivity index (χ2v) is 8.37. The van der Waals surface area contributed by atoms with Crippen LogP contribution < -0.4 is 32.0 Å². The highest BCUT2D eigenvalue weighted by Crippen LogP contribution is 2.34. The van der Waals surface area contributed by atoms with Crippen LogP contribution in [0.25, 0.3) is 0 Å². The quantitative estimate of drug-likeness (QED) is 0.257. The molecule has 2 aliphatic heterocycles. The van der Waals surface area contributed by atoms with E-state index >= 15 is 0 Å². The summed E-state index contributed by atoms with van der Waals surface area (Å²) < 4.78 is 0. The largest absolute Gasteiger partial charge is 0.387 e. The van der Waals surface area contributed by atoms with Gasteiger partial charge in [0.15, 0.2) is 5.78 Å². The normalized spacial score (nSPS) is 18.8. The molecule has 0 spiro atoms. The zero-order valence-corrected chi connectivity index (χ0v) is 19.4. The number of Topliss-reactive ketones (excluding diaryl/α,β-unsaturated/α-hetero) is 1. The monoisotopic (exact) mass is 449 g/mol. The van der Waals surface area contributed by atoms with E-state index in [1.54, 1.807) is 28.1 Å². The number of anilines is 2. The van der Waals surface area contributed by atoms with E-state index in [4.69, 9.17) is 5.84 Å². The molecule has 9 heteroatoms. The number of nitrogens with zero attached hydrogens (tertiary/aromatic N) is 2. The Balaban J connectivity index is 1.80. The predicted octanol–water partition coefficient (Wildman–Crippen LogP) is 1.70. The number of hydrazine groups is 1. The van der Waals surface area contributed by atoms with Crippen molar-refractivity contribution >= 4 is 23.1 Å². The van der Waals surface area contributed by atoms with Gasteiger partial charge in [0.25, 0.3) is 5.91 Å². The molecule has 174 valence electrons. The van der Waals surface area contributed by atoms with E-state index in [1.165, 1.54) is 6.92 Å². The Morgan fingerprint density at radius 1 is 1.27 bits per heavy atom. The first kappa shape index (κ1) is 22.6. The number of carbonyl (C=O) groups is 2. The summed E-state index contributed by atoms with van der Waals surface area (Å²) in [4.78, 5) is 27.6. The average molecular weight is 450 g/mol. The lowest BCUT2D eigenvalue weighted by atomic mass is 9.98. The highest BCUT2D eigenvalue weighted by Gasteiger charge is 2.39. The van der Waals surface area contributed by atoms with Crippen LogP contribution in [-0.4, -0.2) is 49.2 Å². The van der Waals surface area contributed by atoms with E-state index in [2.05, 4.69) is 21.3 Å². The van der Waals surface area contributed by atoms with Crippen molar-refractivity contribution in [3.63, 3.8) is 0 Å². The van der Waals surface area contributed by atoms with Crippen LogP contribution in [0.3, 0.4) is 0 Å². The van der Waals surface area contributed by atoms with Crippen molar-refractivity contribution in [2.45, 2.75) is 33.0 Å². The van der Waals surface area contributed by atoms with Crippen LogP contribution in [0.5, 0.6) is 0 Å². The van der Waals surface area contributed by atoms with Crippen LogP contribution in [0, 0.1) is 6.92 Å². The number of carbonyl (C=O) groups excluding carboxylic acids is 2. The van der Waals surface area contributed by atoms with E-state index in [-0.39, 0.29) is 17.7 Å². The Kier molecular flexibility index (Phi) is 6.26. The van der Waals surface area contributed by atoms with Crippen LogP contribution in [0.1, 0.15) is 40.1 Å². The van der Waals surface area contributed by atoms with Gasteiger partial charge in [0.2, 0.25) is 0 Å². The van der Waals surface area contributed by atoms with Crippen molar-refractivity contribution in [1.29, 1.82) is 0 Å². The van der Waals surface area contributed by atoms with Gasteiger partial charge in [-0.05, 0) is 44.5 Å². The lowest BCUT2D eigenvalue weighted by molar-refractivity contribution is 0.0953. The fraction of sp³-hybridized carbons (Fsp3) is 0.333. The fourth-order valence-corrected chi connectivity index (χ4v) is 4.37. The molecule has 0 radical (unpaired) electrons. The maximum Gasteiger partial charge on any atom is 0.262 e. The maximum absolute atomic E-state index is 13.8. The first-order valence-electron chi connectivity index (χ1n) is 11.0. The van der Waals surface area contributed by atoms with Gasteiger partial charge in [0, 0.05) is 30.5 Å². The molecule has 9 nitrogen and oxygen atoms in total. The summed E-state index contributed by atoms with van der Waals surface area (Å²) in [6, 6.07) is 12.6. The molecule has 2 aromatic carbocycles. The lowest BCUT2D eigenvalue weighted by Crippen LogP contribution is -2.62. The van der Waals surface area contributed by atoms with E-state index in [9.17, 15) is 9.59 Å². The molecule has 6 N–H and O–H groups in total. The smallest absolute Gasteiger partial charge is 0.262 e. The highest BCUT2D eigenvalue weighted by molar-refractivity contribution is 6.13. The van der Waals surface area contributed by atoms with Crippen LogP contribution >= 0.6 is 0 Å². The molecule has 2 atom stereocenters. The number of nitrogens with one attached hydrogen (secondary N) is 4. The molecule has 4 rings (SSSR count). The Bertz CT molecular complexity index is 1110. The molecule has 0 saturated heterocycles. The number of nitrogens with two attached hydrogens (primary N) is 1. The summed E-state index contributed by atoms with van der Waals surface area (Å²) in [7, 11) is 1.85. The third-order valence-corrected chi connectivity index (χ3v) is 6.24. The predicted molar refractivity (Wildman–Crippen MR) is 129 cm³/mol. The molecule has 2 heterocycles. The second kappa shape index (κ2) is 9.13. The number of ketones is 1. The number of rotatable bonds is 6. The zero-order valence-electron chi connectivity index (χ0n) is 19.4. The van der Waals surface area contributed by atoms with Gasteiger partial charge < -0.3 is 16.0 Å². The number of hydrogen-bond acceptors (Lipinski definition) is 8. The Morgan fingerprint density at radius 2 is 2.03 bits per heavy atom. The van der Waals surface area contributed by atoms with Crippen molar-refractivity contribution in [1.82, 2.24) is 21.0 Å². The van der Waals surface area contributed by atoms with Gasteiger partial charge in [-0.2, -0.15) is 0 Å². The van der Waals surface area contributed by atoms with Gasteiger partial charge in [-0.15, -0.1) is 0 Å². The van der Waals surface area contributed by atoms with E-state index in [0.29, 0.717) is 30.0 Å². The molecule has 0 fully saturated rings. The second-order valence-electron chi connectivity index (χ2n) is 8.37. The van der Waals surface area contributed by atoms with Crippen LogP contribution in [0.15, 0.2) is 54.0 Å². The first-order chi connectivity index (χ1) is 15.8. The van der Waals surface area contributed by atoms with Gasteiger partial charge in [-0.25, -0.2) is 5.84 Å². The van der Waals surface area contributed by atoms with Gasteiger partial charge in [0.05, 0.1) is 24.0 Å². The topological polar surface area (TPSA) is 115 Å². The van der Waals surface area contributed by atoms with Crippen LogP contribution in [0.2, 0.25) is 0 Å².